The first kappa shape index (κ1) is 21.5. The van der Waals surface area contributed by atoms with Crippen LogP contribution >= 0.6 is 0 Å². The Morgan fingerprint density at radius 2 is 1.83 bits per heavy atom. The van der Waals surface area contributed by atoms with Gasteiger partial charge in [-0.2, -0.15) is 0 Å². The zero-order valence-electron chi connectivity index (χ0n) is 16.3. The second-order valence-corrected chi connectivity index (χ2v) is 5.90. The van der Waals surface area contributed by atoms with Crippen molar-refractivity contribution in [3.63, 3.8) is 0 Å². The maximum absolute atomic E-state index is 4.29. The highest BCUT2D eigenvalue weighted by Gasteiger charge is 2.23. The molecule has 0 saturated carbocycles. The summed E-state index contributed by atoms with van der Waals surface area (Å²) in [6, 6.07) is 7.02. The lowest BCUT2D eigenvalue weighted by Crippen LogP contribution is -2.25. The summed E-state index contributed by atoms with van der Waals surface area (Å²) in [7, 11) is 0. The van der Waals surface area contributed by atoms with Gasteiger partial charge in [0.2, 0.25) is 0 Å². The number of benzene rings is 1. The Labute approximate surface area is 145 Å². The first-order valence-electron chi connectivity index (χ1n) is 9.20. The van der Waals surface area contributed by atoms with Gasteiger partial charge in [-0.25, -0.2) is 0 Å². The lowest BCUT2D eigenvalue weighted by molar-refractivity contribution is 0.425. The van der Waals surface area contributed by atoms with E-state index in [1.54, 1.807) is 0 Å². The first-order chi connectivity index (χ1) is 11.0. The summed E-state index contributed by atoms with van der Waals surface area (Å²) >= 11 is 0. The summed E-state index contributed by atoms with van der Waals surface area (Å²) in [4.78, 5) is 2.38. The van der Waals surface area contributed by atoms with Crippen LogP contribution in [0.1, 0.15) is 70.1 Å². The molecule has 1 unspecified atom stereocenters. The molecule has 0 N–H and O–H groups in total. The fraction of sp³-hybridized carbons (Fsp3) is 0.545. The van der Waals surface area contributed by atoms with Crippen molar-refractivity contribution in [3.8, 4) is 0 Å². The topological polar surface area (TPSA) is 3.24 Å². The highest BCUT2D eigenvalue weighted by Crippen LogP contribution is 2.29. The van der Waals surface area contributed by atoms with Crippen molar-refractivity contribution in [1.29, 1.82) is 0 Å². The molecule has 1 saturated heterocycles. The van der Waals surface area contributed by atoms with Crippen molar-refractivity contribution < 1.29 is 0 Å². The zero-order valence-corrected chi connectivity index (χ0v) is 16.3. The van der Waals surface area contributed by atoms with E-state index in [2.05, 4.69) is 64.0 Å². The summed E-state index contributed by atoms with van der Waals surface area (Å²) in [5.74, 6) is 0. The monoisotopic (exact) mass is 315 g/mol. The van der Waals surface area contributed by atoms with E-state index in [0.717, 1.165) is 12.2 Å². The van der Waals surface area contributed by atoms with Gasteiger partial charge in [-0.15, -0.1) is 6.58 Å². The third-order valence-electron chi connectivity index (χ3n) is 4.12. The zero-order chi connectivity index (χ0) is 17.8. The molecule has 1 fully saturated rings. The summed E-state index contributed by atoms with van der Waals surface area (Å²) in [5.41, 5.74) is 5.02. The van der Waals surface area contributed by atoms with Crippen LogP contribution < -0.4 is 0 Å². The van der Waals surface area contributed by atoms with Crippen LogP contribution in [-0.2, 0) is 0 Å². The molecule has 1 aliphatic heterocycles. The lowest BCUT2D eigenvalue weighted by atomic mass is 10.0. The van der Waals surface area contributed by atoms with Crippen molar-refractivity contribution in [3.05, 3.63) is 54.1 Å². The van der Waals surface area contributed by atoms with Crippen LogP contribution in [0.2, 0.25) is 0 Å². The van der Waals surface area contributed by atoms with E-state index in [9.17, 15) is 0 Å². The van der Waals surface area contributed by atoms with Crippen LogP contribution in [-0.4, -0.2) is 17.5 Å². The summed E-state index contributed by atoms with van der Waals surface area (Å²) in [5, 5.41) is 0. The molecule has 1 heterocycles. The van der Waals surface area contributed by atoms with Crippen molar-refractivity contribution in [1.82, 2.24) is 4.90 Å². The highest BCUT2D eigenvalue weighted by molar-refractivity contribution is 5.66. The molecule has 0 aromatic heterocycles. The van der Waals surface area contributed by atoms with Crippen LogP contribution in [0, 0.1) is 13.8 Å². The summed E-state index contributed by atoms with van der Waals surface area (Å²) in [6.07, 6.45) is 7.12. The molecule has 1 nitrogen and oxygen atoms in total. The van der Waals surface area contributed by atoms with Gasteiger partial charge in [0.25, 0.3) is 0 Å². The Bertz CT molecular complexity index is 471. The number of rotatable bonds is 4. The minimum absolute atomic E-state index is 0.461. The fourth-order valence-electron chi connectivity index (χ4n) is 2.57. The van der Waals surface area contributed by atoms with Gasteiger partial charge in [0.1, 0.15) is 0 Å². The molecule has 130 valence electrons. The number of nitrogens with zero attached hydrogens (tertiary/aromatic N) is 1. The molecular formula is C22H37N. The Morgan fingerprint density at radius 1 is 1.22 bits per heavy atom. The number of hydrogen-bond donors (Lipinski definition) is 0. The van der Waals surface area contributed by atoms with Crippen LogP contribution in [0.4, 0.5) is 0 Å². The SMILES string of the molecule is C=CC1CCCN1C(=C)c1cc(C)ccc1C.CC.CCCC. The quantitative estimate of drug-likeness (QED) is 0.555. The Hall–Kier alpha value is -1.50. The normalized spacial score (nSPS) is 15.9. The number of hydrogen-bond acceptors (Lipinski definition) is 1. The van der Waals surface area contributed by atoms with Crippen molar-refractivity contribution in [2.24, 2.45) is 0 Å². The third kappa shape index (κ3) is 6.64. The fourth-order valence-corrected chi connectivity index (χ4v) is 2.57. The van der Waals surface area contributed by atoms with E-state index < -0.39 is 0 Å². The number of likely N-dealkylation sites (tertiary alicyclic amines) is 1. The van der Waals surface area contributed by atoms with E-state index in [1.807, 2.05) is 19.9 Å². The molecule has 0 radical (unpaired) electrons. The van der Waals surface area contributed by atoms with E-state index in [1.165, 1.54) is 42.4 Å². The molecule has 0 amide bonds. The molecule has 0 bridgehead atoms. The van der Waals surface area contributed by atoms with Crippen LogP contribution in [0.25, 0.3) is 5.70 Å². The predicted octanol–water partition coefficient (Wildman–Crippen LogP) is 6.76. The average molecular weight is 316 g/mol. The third-order valence-corrected chi connectivity index (χ3v) is 4.12. The molecule has 1 atom stereocenters. The highest BCUT2D eigenvalue weighted by atomic mass is 15.2. The average Bonchev–Trinajstić information content (AvgIpc) is 3.07. The van der Waals surface area contributed by atoms with E-state index >= 15 is 0 Å². The number of aryl methyl sites for hydroxylation is 2. The summed E-state index contributed by atoms with van der Waals surface area (Å²) in [6.45, 7) is 22.0. The lowest BCUT2D eigenvalue weighted by Gasteiger charge is -2.27. The van der Waals surface area contributed by atoms with E-state index in [4.69, 9.17) is 0 Å². The van der Waals surface area contributed by atoms with Gasteiger partial charge in [0.05, 0.1) is 0 Å². The molecule has 1 heteroatoms. The molecule has 1 aromatic rings. The van der Waals surface area contributed by atoms with Gasteiger partial charge in [-0.05, 0) is 38.3 Å². The standard InChI is InChI=1S/C16H21N.C4H10.C2H6/c1-5-15-7-6-10-17(15)14(4)16-11-12(2)8-9-13(16)3;1-3-4-2;1-2/h5,8-9,11,15H,1,4,6-7,10H2,2-3H3;3-4H2,1-2H3;1-2H3. The Balaban J connectivity index is 0.000000705. The molecular weight excluding hydrogens is 278 g/mol. The van der Waals surface area contributed by atoms with Gasteiger partial charge >= 0.3 is 0 Å². The Morgan fingerprint density at radius 3 is 2.35 bits per heavy atom. The van der Waals surface area contributed by atoms with E-state index in [0.29, 0.717) is 6.04 Å². The van der Waals surface area contributed by atoms with Gasteiger partial charge in [0, 0.05) is 23.8 Å². The maximum Gasteiger partial charge on any atom is 0.0471 e. The minimum atomic E-state index is 0.461. The Kier molecular flexibility index (Phi) is 11.2. The summed E-state index contributed by atoms with van der Waals surface area (Å²) < 4.78 is 0. The predicted molar refractivity (Wildman–Crippen MR) is 107 cm³/mol. The van der Waals surface area contributed by atoms with Crippen LogP contribution in [0.5, 0.6) is 0 Å². The van der Waals surface area contributed by atoms with Gasteiger partial charge in [-0.1, -0.05) is 70.9 Å². The molecule has 0 spiro atoms. The molecule has 0 aliphatic carbocycles. The second-order valence-electron chi connectivity index (χ2n) is 5.90. The first-order valence-corrected chi connectivity index (χ1v) is 9.20. The molecule has 23 heavy (non-hydrogen) atoms. The van der Waals surface area contributed by atoms with Gasteiger partial charge < -0.3 is 4.90 Å². The number of unbranched alkanes of at least 4 members (excludes halogenated alkanes) is 1. The van der Waals surface area contributed by atoms with Gasteiger partial charge in [0.15, 0.2) is 0 Å². The smallest absolute Gasteiger partial charge is 0.0471 e. The van der Waals surface area contributed by atoms with E-state index in [-0.39, 0.29) is 0 Å². The van der Waals surface area contributed by atoms with Gasteiger partial charge in [-0.3, -0.25) is 0 Å². The van der Waals surface area contributed by atoms with Crippen molar-refractivity contribution in [2.75, 3.05) is 6.54 Å². The van der Waals surface area contributed by atoms with Crippen LogP contribution in [0.15, 0.2) is 37.4 Å². The van der Waals surface area contributed by atoms with Crippen molar-refractivity contribution in [2.45, 2.75) is 73.3 Å². The second kappa shape index (κ2) is 12.0. The largest absolute Gasteiger partial charge is 0.365 e. The van der Waals surface area contributed by atoms with Crippen molar-refractivity contribution >= 4 is 5.70 Å². The maximum atomic E-state index is 4.29. The minimum Gasteiger partial charge on any atom is -0.365 e. The molecule has 1 aliphatic rings. The molecule has 1 aromatic carbocycles. The molecule has 2 rings (SSSR count). The van der Waals surface area contributed by atoms with Crippen LogP contribution in [0.3, 0.4) is 0 Å².